The first-order valence-electron chi connectivity index (χ1n) is 9.00. The van der Waals surface area contributed by atoms with E-state index in [1.807, 2.05) is 32.0 Å². The summed E-state index contributed by atoms with van der Waals surface area (Å²) in [5, 5.41) is 6.25. The topological polar surface area (TPSA) is 67.4 Å². The predicted octanol–water partition coefficient (Wildman–Crippen LogP) is 5.21. The minimum absolute atomic E-state index is 0.0655. The summed E-state index contributed by atoms with van der Waals surface area (Å²) in [6.07, 6.45) is 1.07. The third-order valence-electron chi connectivity index (χ3n) is 4.48. The zero-order chi connectivity index (χ0) is 19.4. The van der Waals surface area contributed by atoms with Crippen LogP contribution >= 0.6 is 11.6 Å². The number of halogens is 1. The van der Waals surface area contributed by atoms with Crippen molar-refractivity contribution < 1.29 is 14.3 Å². The average molecular weight is 387 g/mol. The quantitative estimate of drug-likeness (QED) is 0.715. The van der Waals surface area contributed by atoms with Crippen LogP contribution in [0.3, 0.4) is 0 Å². The number of ether oxygens (including phenoxy) is 1. The van der Waals surface area contributed by atoms with Gasteiger partial charge in [0.15, 0.2) is 0 Å². The third kappa shape index (κ3) is 4.80. The van der Waals surface area contributed by atoms with Crippen LogP contribution in [0.2, 0.25) is 5.02 Å². The molecule has 0 bridgehead atoms. The fourth-order valence-electron chi connectivity index (χ4n) is 2.88. The maximum absolute atomic E-state index is 12.9. The fourth-order valence-corrected chi connectivity index (χ4v) is 3.07. The Morgan fingerprint density at radius 3 is 2.37 bits per heavy atom. The lowest BCUT2D eigenvalue weighted by atomic mass is 9.95. The number of carbonyl (C=O) groups is 2. The van der Waals surface area contributed by atoms with Crippen molar-refractivity contribution in [2.75, 3.05) is 17.2 Å². The van der Waals surface area contributed by atoms with Crippen LogP contribution in [0, 0.1) is 5.92 Å². The molecule has 2 N–H and O–H groups in total. The molecule has 0 saturated heterocycles. The highest BCUT2D eigenvalue weighted by Crippen LogP contribution is 2.49. The van der Waals surface area contributed by atoms with E-state index in [1.54, 1.807) is 30.3 Å². The van der Waals surface area contributed by atoms with Gasteiger partial charge in [-0.05, 0) is 54.7 Å². The molecule has 27 heavy (non-hydrogen) atoms. The van der Waals surface area contributed by atoms with Crippen LogP contribution in [0.25, 0.3) is 0 Å². The first kappa shape index (κ1) is 19.2. The molecule has 2 amide bonds. The fraction of sp³-hybridized carbons (Fsp3) is 0.333. The van der Waals surface area contributed by atoms with Gasteiger partial charge in [0.1, 0.15) is 0 Å². The van der Waals surface area contributed by atoms with E-state index in [4.69, 9.17) is 16.3 Å². The highest BCUT2D eigenvalue weighted by atomic mass is 35.5. The lowest BCUT2D eigenvalue weighted by Gasteiger charge is -2.16. The largest absolute Gasteiger partial charge is 0.449 e. The number of benzene rings is 2. The molecule has 142 valence electrons. The maximum Gasteiger partial charge on any atom is 0.411 e. The Labute approximate surface area is 164 Å². The van der Waals surface area contributed by atoms with Crippen molar-refractivity contribution in [1.29, 1.82) is 0 Å². The van der Waals surface area contributed by atoms with Gasteiger partial charge in [-0.2, -0.15) is 0 Å². The van der Waals surface area contributed by atoms with Crippen molar-refractivity contribution in [3.05, 3.63) is 59.1 Å². The zero-order valence-electron chi connectivity index (χ0n) is 15.4. The Morgan fingerprint density at radius 2 is 1.74 bits per heavy atom. The van der Waals surface area contributed by atoms with E-state index in [9.17, 15) is 9.59 Å². The van der Waals surface area contributed by atoms with Crippen molar-refractivity contribution >= 4 is 35.0 Å². The molecule has 0 radical (unpaired) electrons. The Morgan fingerprint density at radius 1 is 1.07 bits per heavy atom. The summed E-state index contributed by atoms with van der Waals surface area (Å²) in [7, 11) is 0. The Hall–Kier alpha value is -2.53. The summed E-state index contributed by atoms with van der Waals surface area (Å²) in [4.78, 5) is 24.7. The van der Waals surface area contributed by atoms with Crippen LogP contribution < -0.4 is 10.6 Å². The number of amides is 2. The molecule has 6 heteroatoms. The summed E-state index contributed by atoms with van der Waals surface area (Å²) < 4.78 is 5.11. The van der Waals surface area contributed by atoms with E-state index in [0.29, 0.717) is 23.0 Å². The Balaban J connectivity index is 1.66. The van der Waals surface area contributed by atoms with Gasteiger partial charge in [-0.25, -0.2) is 4.79 Å². The van der Waals surface area contributed by atoms with Crippen LogP contribution in [0.1, 0.15) is 32.3 Å². The number of hydrogen-bond acceptors (Lipinski definition) is 3. The average Bonchev–Trinajstić information content (AvgIpc) is 3.42. The highest BCUT2D eigenvalue weighted by molar-refractivity contribution is 6.30. The molecule has 1 fully saturated rings. The minimum Gasteiger partial charge on any atom is -0.449 e. The lowest BCUT2D eigenvalue weighted by Crippen LogP contribution is -2.27. The van der Waals surface area contributed by atoms with Gasteiger partial charge in [0, 0.05) is 16.4 Å². The smallest absolute Gasteiger partial charge is 0.411 e. The van der Waals surface area contributed by atoms with Gasteiger partial charge in [0.25, 0.3) is 0 Å². The van der Waals surface area contributed by atoms with E-state index in [-0.39, 0.29) is 11.8 Å². The molecule has 1 saturated carbocycles. The van der Waals surface area contributed by atoms with Gasteiger partial charge < -0.3 is 10.1 Å². The van der Waals surface area contributed by atoms with E-state index in [0.717, 1.165) is 18.4 Å². The van der Waals surface area contributed by atoms with Crippen LogP contribution in [0.4, 0.5) is 16.2 Å². The third-order valence-corrected chi connectivity index (χ3v) is 4.71. The molecular weight excluding hydrogens is 364 g/mol. The summed E-state index contributed by atoms with van der Waals surface area (Å²) in [6, 6.07) is 14.4. The van der Waals surface area contributed by atoms with E-state index in [2.05, 4.69) is 10.6 Å². The lowest BCUT2D eigenvalue weighted by molar-refractivity contribution is -0.118. The normalized spacial score (nSPS) is 14.5. The van der Waals surface area contributed by atoms with Crippen molar-refractivity contribution in [1.82, 2.24) is 0 Å². The predicted molar refractivity (Wildman–Crippen MR) is 107 cm³/mol. The number of carbonyl (C=O) groups excluding carboxylic acids is 2. The molecule has 1 aliphatic carbocycles. The Bertz CT molecular complexity index is 847. The van der Waals surface area contributed by atoms with Gasteiger partial charge in [-0.15, -0.1) is 0 Å². The van der Waals surface area contributed by atoms with Crippen molar-refractivity contribution in [2.24, 2.45) is 5.92 Å². The molecule has 0 atom stereocenters. The second-order valence-corrected chi connectivity index (χ2v) is 7.68. The zero-order valence-corrected chi connectivity index (χ0v) is 16.2. The van der Waals surface area contributed by atoms with Gasteiger partial charge in [-0.3, -0.25) is 10.1 Å². The SMILES string of the molecule is CC(C)COC(=O)Nc1cccc(NC(=O)C2(c3cccc(Cl)c3)CC2)c1. The van der Waals surface area contributed by atoms with Gasteiger partial charge in [0.2, 0.25) is 5.91 Å². The maximum atomic E-state index is 12.9. The second kappa shape index (κ2) is 8.01. The van der Waals surface area contributed by atoms with Crippen LogP contribution in [-0.4, -0.2) is 18.6 Å². The summed E-state index contributed by atoms with van der Waals surface area (Å²) in [5.74, 6) is 0.201. The van der Waals surface area contributed by atoms with Gasteiger partial charge in [0.05, 0.1) is 12.0 Å². The van der Waals surface area contributed by atoms with Gasteiger partial charge >= 0.3 is 6.09 Å². The molecule has 3 rings (SSSR count). The second-order valence-electron chi connectivity index (χ2n) is 7.24. The molecule has 5 nitrogen and oxygen atoms in total. The first-order valence-corrected chi connectivity index (χ1v) is 9.38. The molecule has 1 aliphatic rings. The first-order chi connectivity index (χ1) is 12.9. The molecular formula is C21H23ClN2O3. The number of nitrogens with one attached hydrogen (secondary N) is 2. The molecule has 0 aromatic heterocycles. The Kier molecular flexibility index (Phi) is 5.71. The summed E-state index contributed by atoms with van der Waals surface area (Å²) in [5.41, 5.74) is 1.59. The van der Waals surface area contributed by atoms with E-state index < -0.39 is 11.5 Å². The number of rotatable bonds is 6. The van der Waals surface area contributed by atoms with E-state index >= 15 is 0 Å². The van der Waals surface area contributed by atoms with Crippen LogP contribution in [-0.2, 0) is 14.9 Å². The van der Waals surface area contributed by atoms with Crippen molar-refractivity contribution in [3.8, 4) is 0 Å². The van der Waals surface area contributed by atoms with Gasteiger partial charge in [-0.1, -0.05) is 43.6 Å². The van der Waals surface area contributed by atoms with Crippen molar-refractivity contribution in [3.63, 3.8) is 0 Å². The van der Waals surface area contributed by atoms with Crippen LogP contribution in [0.5, 0.6) is 0 Å². The summed E-state index contributed by atoms with van der Waals surface area (Å²) in [6.45, 7) is 4.29. The molecule has 2 aromatic carbocycles. The molecule has 0 heterocycles. The van der Waals surface area contributed by atoms with E-state index in [1.165, 1.54) is 0 Å². The molecule has 0 spiro atoms. The van der Waals surface area contributed by atoms with Crippen molar-refractivity contribution in [2.45, 2.75) is 32.1 Å². The molecule has 0 aliphatic heterocycles. The number of hydrogen-bond donors (Lipinski definition) is 2. The standard InChI is InChI=1S/C21H23ClN2O3/c1-14(2)13-27-20(26)24-18-8-4-7-17(12-18)23-19(25)21(9-10-21)15-5-3-6-16(22)11-15/h3-8,11-12,14H,9-10,13H2,1-2H3,(H,23,25)(H,24,26). The monoisotopic (exact) mass is 386 g/mol. The minimum atomic E-state index is -0.523. The highest BCUT2D eigenvalue weighted by Gasteiger charge is 2.51. The number of anilines is 2. The molecule has 0 unspecified atom stereocenters. The summed E-state index contributed by atoms with van der Waals surface area (Å²) >= 11 is 6.07. The molecule has 2 aromatic rings. The van der Waals surface area contributed by atoms with Crippen LogP contribution in [0.15, 0.2) is 48.5 Å².